The fourth-order valence-corrected chi connectivity index (χ4v) is 4.53. The van der Waals surface area contributed by atoms with Crippen molar-refractivity contribution in [3.8, 4) is 17.2 Å². The highest BCUT2D eigenvalue weighted by atomic mass is 16.5. The van der Waals surface area contributed by atoms with Crippen molar-refractivity contribution < 1.29 is 33.8 Å². The molecule has 0 spiro atoms. The number of hydrogen-bond acceptors (Lipinski definition) is 6. The summed E-state index contributed by atoms with van der Waals surface area (Å²) < 4.78 is 17.0. The number of hydrogen-bond donors (Lipinski definition) is 2. The first-order valence-electron chi connectivity index (χ1n) is 12.6. The second-order valence-electron chi connectivity index (χ2n) is 10.1. The van der Waals surface area contributed by atoms with E-state index < -0.39 is 17.7 Å². The predicted molar refractivity (Wildman–Crippen MR) is 142 cm³/mol. The lowest BCUT2D eigenvalue weighted by Gasteiger charge is -2.27. The second-order valence-corrected chi connectivity index (χ2v) is 10.1. The summed E-state index contributed by atoms with van der Waals surface area (Å²) in [6.45, 7) is 7.78. The van der Waals surface area contributed by atoms with Crippen LogP contribution in [0.2, 0.25) is 0 Å². The van der Waals surface area contributed by atoms with Crippen LogP contribution in [0.4, 0.5) is 0 Å². The molecule has 0 saturated carbocycles. The number of methoxy groups -OCH3 is 2. The molecule has 0 bridgehead atoms. The third kappa shape index (κ3) is 6.07. The minimum Gasteiger partial charge on any atom is -0.507 e. The van der Waals surface area contributed by atoms with Crippen molar-refractivity contribution >= 4 is 17.4 Å². The largest absolute Gasteiger partial charge is 0.507 e. The van der Waals surface area contributed by atoms with Crippen molar-refractivity contribution in [2.24, 2.45) is 5.92 Å². The Morgan fingerprint density at radius 2 is 1.81 bits per heavy atom. The van der Waals surface area contributed by atoms with Gasteiger partial charge in [0.25, 0.3) is 11.7 Å². The smallest absolute Gasteiger partial charge is 0.295 e. The van der Waals surface area contributed by atoms with E-state index >= 15 is 0 Å². The van der Waals surface area contributed by atoms with Gasteiger partial charge in [-0.1, -0.05) is 26.0 Å². The van der Waals surface area contributed by atoms with Crippen LogP contribution in [0.1, 0.15) is 43.0 Å². The van der Waals surface area contributed by atoms with Crippen LogP contribution < -0.4 is 19.1 Å². The van der Waals surface area contributed by atoms with E-state index in [1.54, 1.807) is 36.4 Å². The second kappa shape index (κ2) is 12.1. The Balaban J connectivity index is 2.14. The molecule has 1 aliphatic heterocycles. The van der Waals surface area contributed by atoms with Gasteiger partial charge in [0.15, 0.2) is 11.5 Å². The van der Waals surface area contributed by atoms with Gasteiger partial charge in [0.05, 0.1) is 53.1 Å². The SMILES string of the molecule is COc1cccc(C2C(=C(O)c3ccc(OCC(C)C)c(C)c3)C(=O)C(=O)N2CCC[NH+](C)C)c1OC. The molecule has 37 heavy (non-hydrogen) atoms. The molecule has 1 fully saturated rings. The van der Waals surface area contributed by atoms with Crippen molar-refractivity contribution in [1.29, 1.82) is 0 Å². The predicted octanol–water partition coefficient (Wildman–Crippen LogP) is 3.00. The van der Waals surface area contributed by atoms with E-state index in [0.29, 0.717) is 53.9 Å². The topological polar surface area (TPSA) is 89.7 Å². The fraction of sp³-hybridized carbons (Fsp3) is 0.448. The van der Waals surface area contributed by atoms with Crippen LogP contribution in [0.5, 0.6) is 17.2 Å². The summed E-state index contributed by atoms with van der Waals surface area (Å²) in [7, 11) is 7.12. The zero-order chi connectivity index (χ0) is 27.3. The third-order valence-electron chi connectivity index (χ3n) is 6.36. The Morgan fingerprint density at radius 1 is 1.08 bits per heavy atom. The maximum atomic E-state index is 13.4. The van der Waals surface area contributed by atoms with Gasteiger partial charge < -0.3 is 29.1 Å². The Kier molecular flexibility index (Phi) is 9.21. The lowest BCUT2D eigenvalue weighted by molar-refractivity contribution is -0.858. The number of aliphatic hydroxyl groups excluding tert-OH is 1. The minimum atomic E-state index is -0.820. The van der Waals surface area contributed by atoms with Crippen LogP contribution >= 0.6 is 0 Å². The van der Waals surface area contributed by atoms with Crippen molar-refractivity contribution in [3.63, 3.8) is 0 Å². The molecule has 2 aromatic rings. The Morgan fingerprint density at radius 3 is 2.41 bits per heavy atom. The number of carbonyl (C=O) groups excluding carboxylic acids is 2. The molecule has 2 aromatic carbocycles. The summed E-state index contributed by atoms with van der Waals surface area (Å²) in [4.78, 5) is 29.4. The lowest BCUT2D eigenvalue weighted by atomic mass is 9.93. The van der Waals surface area contributed by atoms with Crippen molar-refractivity contribution in [1.82, 2.24) is 4.90 Å². The number of ether oxygens (including phenoxy) is 3. The van der Waals surface area contributed by atoms with E-state index in [9.17, 15) is 14.7 Å². The zero-order valence-electron chi connectivity index (χ0n) is 22.9. The maximum Gasteiger partial charge on any atom is 0.295 e. The highest BCUT2D eigenvalue weighted by Gasteiger charge is 2.47. The molecule has 0 aromatic heterocycles. The lowest BCUT2D eigenvalue weighted by Crippen LogP contribution is -3.05. The van der Waals surface area contributed by atoms with Crippen LogP contribution in [-0.4, -0.2) is 69.7 Å². The number of nitrogens with one attached hydrogen (secondary N) is 1. The van der Waals surface area contributed by atoms with Gasteiger partial charge in [-0.2, -0.15) is 0 Å². The molecule has 1 saturated heterocycles. The number of amides is 1. The van der Waals surface area contributed by atoms with Crippen LogP contribution in [0.3, 0.4) is 0 Å². The van der Waals surface area contributed by atoms with E-state index in [-0.39, 0.29) is 11.3 Å². The van der Waals surface area contributed by atoms with E-state index in [0.717, 1.165) is 12.1 Å². The van der Waals surface area contributed by atoms with Gasteiger partial charge in [0.1, 0.15) is 11.5 Å². The first kappa shape index (κ1) is 28.1. The Hall–Kier alpha value is -3.52. The van der Waals surface area contributed by atoms with Gasteiger partial charge in [-0.15, -0.1) is 0 Å². The van der Waals surface area contributed by atoms with Crippen molar-refractivity contribution in [3.05, 3.63) is 58.7 Å². The summed E-state index contributed by atoms with van der Waals surface area (Å²) in [6, 6.07) is 9.77. The standard InChI is InChI=1S/C29H38N2O6/c1-18(2)17-37-22-13-12-20(16-19(22)3)26(32)24-25(21-10-8-11-23(35-6)28(21)36-7)31(29(34)27(24)33)15-9-14-30(4)5/h8,10-13,16,18,25,32H,9,14-15,17H2,1-7H3/p+1. The fourth-order valence-electron chi connectivity index (χ4n) is 4.53. The molecule has 2 N–H and O–H groups in total. The number of quaternary nitrogens is 1. The number of ketones is 1. The van der Waals surface area contributed by atoms with E-state index in [4.69, 9.17) is 14.2 Å². The van der Waals surface area contributed by atoms with Crippen LogP contribution in [0, 0.1) is 12.8 Å². The van der Waals surface area contributed by atoms with Gasteiger partial charge in [0, 0.05) is 24.1 Å². The Labute approximate surface area is 219 Å². The van der Waals surface area contributed by atoms with Crippen LogP contribution in [0.25, 0.3) is 5.76 Å². The maximum absolute atomic E-state index is 13.4. The summed E-state index contributed by atoms with van der Waals surface area (Å²) in [5.74, 6) is 0.386. The molecular weight excluding hydrogens is 472 g/mol. The van der Waals surface area contributed by atoms with Crippen molar-refractivity contribution in [2.45, 2.75) is 33.2 Å². The van der Waals surface area contributed by atoms with E-state index in [2.05, 4.69) is 13.8 Å². The molecule has 1 heterocycles. The molecule has 1 atom stereocenters. The average molecular weight is 512 g/mol. The number of carbonyl (C=O) groups is 2. The summed E-state index contributed by atoms with van der Waals surface area (Å²) in [5.41, 5.74) is 1.87. The first-order chi connectivity index (χ1) is 17.6. The monoisotopic (exact) mass is 511 g/mol. The molecule has 0 aliphatic carbocycles. The highest BCUT2D eigenvalue weighted by Crippen LogP contribution is 2.45. The van der Waals surface area contributed by atoms with Crippen LogP contribution in [-0.2, 0) is 9.59 Å². The summed E-state index contributed by atoms with van der Waals surface area (Å²) >= 11 is 0. The summed E-state index contributed by atoms with van der Waals surface area (Å²) in [6.07, 6.45) is 0.694. The quantitative estimate of drug-likeness (QED) is 0.274. The number of likely N-dealkylation sites (tertiary alicyclic amines) is 1. The highest BCUT2D eigenvalue weighted by molar-refractivity contribution is 6.46. The molecule has 200 valence electrons. The van der Waals surface area contributed by atoms with Crippen molar-refractivity contribution in [2.75, 3.05) is 48.0 Å². The molecular formula is C29H39N2O6+. The normalized spacial score (nSPS) is 17.1. The number of aryl methyl sites for hydroxylation is 1. The molecule has 3 rings (SSSR count). The number of para-hydroxylation sites is 1. The number of nitrogens with zero attached hydrogens (tertiary/aromatic N) is 1. The van der Waals surface area contributed by atoms with E-state index in [1.165, 1.54) is 24.0 Å². The van der Waals surface area contributed by atoms with Gasteiger partial charge in [-0.3, -0.25) is 9.59 Å². The minimum absolute atomic E-state index is 0.0315. The molecule has 8 nitrogen and oxygen atoms in total. The molecule has 1 unspecified atom stereocenters. The molecule has 1 amide bonds. The first-order valence-corrected chi connectivity index (χ1v) is 12.6. The van der Waals surface area contributed by atoms with Gasteiger partial charge >= 0.3 is 0 Å². The number of rotatable bonds is 11. The number of aliphatic hydroxyl groups is 1. The Bertz CT molecular complexity index is 1170. The molecule has 1 aliphatic rings. The van der Waals surface area contributed by atoms with Gasteiger partial charge in [-0.25, -0.2) is 0 Å². The molecule has 8 heteroatoms. The zero-order valence-corrected chi connectivity index (χ0v) is 22.9. The number of benzene rings is 2. The average Bonchev–Trinajstić information content (AvgIpc) is 3.11. The van der Waals surface area contributed by atoms with Crippen LogP contribution in [0.15, 0.2) is 42.0 Å². The van der Waals surface area contributed by atoms with Gasteiger partial charge in [-0.05, 0) is 42.7 Å². The molecule has 0 radical (unpaired) electrons. The number of Topliss-reactive ketones (excluding diaryl/α,β-unsaturated/α-hetero) is 1. The summed E-state index contributed by atoms with van der Waals surface area (Å²) in [5, 5.41) is 11.5. The third-order valence-corrected chi connectivity index (χ3v) is 6.36. The van der Waals surface area contributed by atoms with E-state index in [1.807, 2.05) is 21.0 Å². The van der Waals surface area contributed by atoms with Gasteiger partial charge in [0.2, 0.25) is 0 Å².